The lowest BCUT2D eigenvalue weighted by atomic mass is 9.95. The fourth-order valence-electron chi connectivity index (χ4n) is 4.40. The Morgan fingerprint density at radius 2 is 1.63 bits per heavy atom. The van der Waals surface area contributed by atoms with Crippen LogP contribution in [0, 0.1) is 11.8 Å². The number of anilines is 1. The van der Waals surface area contributed by atoms with E-state index in [1.807, 2.05) is 68.4 Å². The molecule has 0 saturated carbocycles. The third-order valence-corrected chi connectivity index (χ3v) is 7.83. The van der Waals surface area contributed by atoms with Crippen molar-refractivity contribution in [3.05, 3.63) is 72.8 Å². The standard InChI is InChI=1S/C27H31N3O4S/c1-19(2)25(29-35(33,34)24-15-14-20-9-6-7-10-21(20)17-24)27(32)30-16-8-11-22(18-30)26(31)28-23-12-4-3-5-13-23/h3-7,9-10,12-15,17,19,22,25,29H,8,11,16,18H2,1-2H3,(H,28,31)/t22-,25-/m0/s1. The highest BCUT2D eigenvalue weighted by Gasteiger charge is 2.35. The smallest absolute Gasteiger partial charge is 0.241 e. The Morgan fingerprint density at radius 3 is 2.34 bits per heavy atom. The Balaban J connectivity index is 1.47. The second kappa shape index (κ2) is 10.6. The quantitative estimate of drug-likeness (QED) is 0.520. The molecule has 1 heterocycles. The minimum absolute atomic E-state index is 0.119. The van der Waals surface area contributed by atoms with E-state index in [2.05, 4.69) is 10.0 Å². The van der Waals surface area contributed by atoms with Gasteiger partial charge in [-0.2, -0.15) is 4.72 Å². The number of nitrogens with zero attached hydrogens (tertiary/aromatic N) is 1. The number of sulfonamides is 1. The summed E-state index contributed by atoms with van der Waals surface area (Å²) in [5, 5.41) is 4.66. The summed E-state index contributed by atoms with van der Waals surface area (Å²) in [7, 11) is -3.93. The SMILES string of the molecule is CC(C)[C@H](NS(=O)(=O)c1ccc2ccccc2c1)C(=O)N1CCC[C@H](C(=O)Nc2ccccc2)C1. The zero-order valence-corrected chi connectivity index (χ0v) is 20.8. The summed E-state index contributed by atoms with van der Waals surface area (Å²) in [5.41, 5.74) is 0.712. The normalized spacial score (nSPS) is 17.3. The van der Waals surface area contributed by atoms with Crippen molar-refractivity contribution in [3.63, 3.8) is 0 Å². The van der Waals surface area contributed by atoms with Crippen molar-refractivity contribution in [1.82, 2.24) is 9.62 Å². The number of likely N-dealkylation sites (tertiary alicyclic amines) is 1. The number of hydrogen-bond donors (Lipinski definition) is 2. The largest absolute Gasteiger partial charge is 0.341 e. The molecule has 4 rings (SSSR count). The summed E-state index contributed by atoms with van der Waals surface area (Å²) in [6.07, 6.45) is 1.36. The molecule has 0 aromatic heterocycles. The van der Waals surface area contributed by atoms with E-state index in [1.165, 1.54) is 0 Å². The van der Waals surface area contributed by atoms with Crippen LogP contribution in [0.1, 0.15) is 26.7 Å². The summed E-state index contributed by atoms with van der Waals surface area (Å²) in [4.78, 5) is 28.0. The Hall–Kier alpha value is -3.23. The van der Waals surface area contributed by atoms with Crippen molar-refractivity contribution in [2.24, 2.45) is 11.8 Å². The van der Waals surface area contributed by atoms with Gasteiger partial charge in [0.15, 0.2) is 0 Å². The first kappa shape index (κ1) is 24.9. The number of carbonyl (C=O) groups excluding carboxylic acids is 2. The highest BCUT2D eigenvalue weighted by Crippen LogP contribution is 2.23. The molecule has 3 aromatic rings. The molecule has 0 spiro atoms. The summed E-state index contributed by atoms with van der Waals surface area (Å²) in [6, 6.07) is 20.7. The summed E-state index contributed by atoms with van der Waals surface area (Å²) in [6.45, 7) is 4.39. The highest BCUT2D eigenvalue weighted by molar-refractivity contribution is 7.89. The first-order chi connectivity index (χ1) is 16.7. The van der Waals surface area contributed by atoms with Crippen LogP contribution in [0.3, 0.4) is 0 Å². The fourth-order valence-corrected chi connectivity index (χ4v) is 5.77. The number of piperidine rings is 1. The Morgan fingerprint density at radius 1 is 0.943 bits per heavy atom. The van der Waals surface area contributed by atoms with E-state index in [0.717, 1.165) is 10.8 Å². The predicted molar refractivity (Wildman–Crippen MR) is 137 cm³/mol. The molecule has 0 aliphatic carbocycles. The lowest BCUT2D eigenvalue weighted by molar-refractivity contribution is -0.137. The Kier molecular flexibility index (Phi) is 7.52. The number of amides is 2. The molecule has 2 N–H and O–H groups in total. The highest BCUT2D eigenvalue weighted by atomic mass is 32.2. The lowest BCUT2D eigenvalue weighted by Gasteiger charge is -2.35. The van der Waals surface area contributed by atoms with Crippen LogP contribution < -0.4 is 10.0 Å². The van der Waals surface area contributed by atoms with Crippen LogP contribution in [-0.2, 0) is 19.6 Å². The maximum Gasteiger partial charge on any atom is 0.241 e. The monoisotopic (exact) mass is 493 g/mol. The van der Waals surface area contributed by atoms with Crippen LogP contribution in [0.15, 0.2) is 77.7 Å². The van der Waals surface area contributed by atoms with Gasteiger partial charge in [0.1, 0.15) is 6.04 Å². The fraction of sp³-hybridized carbons (Fsp3) is 0.333. The third-order valence-electron chi connectivity index (χ3n) is 6.39. The van der Waals surface area contributed by atoms with Gasteiger partial charge in [-0.3, -0.25) is 9.59 Å². The van der Waals surface area contributed by atoms with Crippen molar-refractivity contribution in [3.8, 4) is 0 Å². The van der Waals surface area contributed by atoms with Gasteiger partial charge in [0, 0.05) is 18.8 Å². The molecule has 0 bridgehead atoms. The van der Waals surface area contributed by atoms with Gasteiger partial charge in [0.05, 0.1) is 10.8 Å². The second-order valence-electron chi connectivity index (χ2n) is 9.33. The van der Waals surface area contributed by atoms with Gasteiger partial charge in [-0.25, -0.2) is 8.42 Å². The van der Waals surface area contributed by atoms with E-state index >= 15 is 0 Å². The molecule has 35 heavy (non-hydrogen) atoms. The number of rotatable bonds is 7. The average Bonchev–Trinajstić information content (AvgIpc) is 2.87. The molecule has 8 heteroatoms. The molecule has 184 valence electrons. The van der Waals surface area contributed by atoms with Crippen molar-refractivity contribution in [2.45, 2.75) is 37.6 Å². The van der Waals surface area contributed by atoms with Crippen LogP contribution >= 0.6 is 0 Å². The number of fused-ring (bicyclic) bond motifs is 1. The van der Waals surface area contributed by atoms with E-state index in [9.17, 15) is 18.0 Å². The van der Waals surface area contributed by atoms with Gasteiger partial charge < -0.3 is 10.2 Å². The van der Waals surface area contributed by atoms with Gasteiger partial charge in [-0.1, -0.05) is 62.4 Å². The average molecular weight is 494 g/mol. The first-order valence-electron chi connectivity index (χ1n) is 11.9. The topological polar surface area (TPSA) is 95.6 Å². The summed E-state index contributed by atoms with van der Waals surface area (Å²) in [5.74, 6) is -1.05. The van der Waals surface area contributed by atoms with Gasteiger partial charge in [0.25, 0.3) is 0 Å². The molecule has 1 aliphatic heterocycles. The number of benzene rings is 3. The van der Waals surface area contributed by atoms with Gasteiger partial charge in [-0.15, -0.1) is 0 Å². The number of para-hydroxylation sites is 1. The minimum Gasteiger partial charge on any atom is -0.341 e. The molecule has 3 aromatic carbocycles. The van der Waals surface area contributed by atoms with Crippen molar-refractivity contribution < 1.29 is 18.0 Å². The first-order valence-corrected chi connectivity index (χ1v) is 13.4. The molecule has 1 saturated heterocycles. The van der Waals surface area contributed by atoms with Gasteiger partial charge in [-0.05, 0) is 53.8 Å². The maximum absolute atomic E-state index is 13.5. The zero-order valence-electron chi connectivity index (χ0n) is 20.0. The Labute approximate surface area is 206 Å². The zero-order chi connectivity index (χ0) is 25.0. The Bertz CT molecular complexity index is 1310. The predicted octanol–water partition coefficient (Wildman–Crippen LogP) is 4.02. The molecule has 0 radical (unpaired) electrons. The molecular weight excluding hydrogens is 462 g/mol. The van der Waals surface area contributed by atoms with E-state index < -0.39 is 16.1 Å². The molecule has 2 atom stereocenters. The van der Waals surface area contributed by atoms with Gasteiger partial charge >= 0.3 is 0 Å². The molecule has 1 fully saturated rings. The number of carbonyl (C=O) groups is 2. The van der Waals surface area contributed by atoms with Crippen LogP contribution in [0.5, 0.6) is 0 Å². The van der Waals surface area contributed by atoms with Crippen LogP contribution in [0.4, 0.5) is 5.69 Å². The maximum atomic E-state index is 13.5. The minimum atomic E-state index is -3.93. The van der Waals surface area contributed by atoms with Crippen LogP contribution in [-0.4, -0.2) is 44.3 Å². The van der Waals surface area contributed by atoms with Crippen LogP contribution in [0.2, 0.25) is 0 Å². The molecule has 0 unspecified atom stereocenters. The molecule has 7 nitrogen and oxygen atoms in total. The van der Waals surface area contributed by atoms with E-state index in [-0.39, 0.29) is 35.1 Å². The number of hydrogen-bond acceptors (Lipinski definition) is 4. The lowest BCUT2D eigenvalue weighted by Crippen LogP contribution is -2.54. The van der Waals surface area contributed by atoms with E-state index in [1.54, 1.807) is 23.1 Å². The second-order valence-corrected chi connectivity index (χ2v) is 11.0. The molecular formula is C27H31N3O4S. The van der Waals surface area contributed by atoms with E-state index in [4.69, 9.17) is 0 Å². The molecule has 1 aliphatic rings. The van der Waals surface area contributed by atoms with Gasteiger partial charge in [0.2, 0.25) is 21.8 Å². The molecule has 2 amide bonds. The van der Waals surface area contributed by atoms with Crippen molar-refractivity contribution in [2.75, 3.05) is 18.4 Å². The number of nitrogens with one attached hydrogen (secondary N) is 2. The van der Waals surface area contributed by atoms with E-state index in [0.29, 0.717) is 25.1 Å². The van der Waals surface area contributed by atoms with Crippen LogP contribution in [0.25, 0.3) is 10.8 Å². The summed E-state index contributed by atoms with van der Waals surface area (Å²) < 4.78 is 29.1. The third kappa shape index (κ3) is 5.89. The summed E-state index contributed by atoms with van der Waals surface area (Å²) >= 11 is 0. The van der Waals surface area contributed by atoms with Crippen molar-refractivity contribution in [1.29, 1.82) is 0 Å². The van der Waals surface area contributed by atoms with Crippen molar-refractivity contribution >= 4 is 38.3 Å².